The Bertz CT molecular complexity index is 963. The highest BCUT2D eigenvalue weighted by molar-refractivity contribution is 9.10. The molecule has 3 aromatic rings. The molecule has 0 bridgehead atoms. The van der Waals surface area contributed by atoms with E-state index in [9.17, 15) is 9.18 Å². The first-order chi connectivity index (χ1) is 12.3. The maximum atomic E-state index is 14.0. The summed E-state index contributed by atoms with van der Waals surface area (Å²) >= 11 is 3.19. The lowest BCUT2D eigenvalue weighted by Crippen LogP contribution is -2.14. The second-order valence-electron chi connectivity index (χ2n) is 6.80. The van der Waals surface area contributed by atoms with Gasteiger partial charge >= 0.3 is 0 Å². The number of nitrogens with one attached hydrogen (secondary N) is 1. The monoisotopic (exact) mass is 417 g/mol. The predicted octanol–water partition coefficient (Wildman–Crippen LogP) is 5.19. The van der Waals surface area contributed by atoms with Gasteiger partial charge in [0.05, 0.1) is 16.8 Å². The van der Waals surface area contributed by atoms with E-state index in [1.165, 1.54) is 12.1 Å². The Morgan fingerprint density at radius 3 is 2.58 bits per heavy atom. The van der Waals surface area contributed by atoms with E-state index < -0.39 is 11.7 Å². The summed E-state index contributed by atoms with van der Waals surface area (Å²) in [7, 11) is 0. The molecule has 2 aromatic carbocycles. The van der Waals surface area contributed by atoms with Crippen LogP contribution in [0.25, 0.3) is 11.5 Å². The summed E-state index contributed by atoms with van der Waals surface area (Å²) in [4.78, 5) is 17.1. The number of anilines is 1. The molecule has 134 valence electrons. The minimum atomic E-state index is -0.530. The van der Waals surface area contributed by atoms with Crippen LogP contribution in [-0.4, -0.2) is 16.0 Å². The molecule has 5 nitrogen and oxygen atoms in total. The fourth-order valence-electron chi connectivity index (χ4n) is 2.29. The Morgan fingerprint density at radius 2 is 1.92 bits per heavy atom. The van der Waals surface area contributed by atoms with Crippen LogP contribution in [-0.2, 0) is 5.41 Å². The van der Waals surface area contributed by atoms with E-state index in [0.29, 0.717) is 21.4 Å². The van der Waals surface area contributed by atoms with Gasteiger partial charge in [-0.15, -0.1) is 0 Å². The minimum absolute atomic E-state index is 0.0916. The fourth-order valence-corrected chi connectivity index (χ4v) is 2.62. The molecule has 0 spiro atoms. The van der Waals surface area contributed by atoms with Crippen molar-refractivity contribution < 1.29 is 13.7 Å². The van der Waals surface area contributed by atoms with Crippen LogP contribution in [0.2, 0.25) is 0 Å². The zero-order valence-corrected chi connectivity index (χ0v) is 16.1. The van der Waals surface area contributed by atoms with E-state index in [-0.39, 0.29) is 17.0 Å². The van der Waals surface area contributed by atoms with Gasteiger partial charge in [0.2, 0.25) is 0 Å². The maximum absolute atomic E-state index is 14.0. The van der Waals surface area contributed by atoms with Crippen LogP contribution >= 0.6 is 15.9 Å². The fraction of sp³-hybridized carbons (Fsp3) is 0.211. The molecule has 0 aliphatic rings. The first-order valence-electron chi connectivity index (χ1n) is 7.95. The van der Waals surface area contributed by atoms with Crippen LogP contribution in [0.4, 0.5) is 10.1 Å². The lowest BCUT2D eigenvalue weighted by molar-refractivity contribution is 0.102. The molecule has 0 aliphatic carbocycles. The quantitative estimate of drug-likeness (QED) is 0.636. The molecule has 7 heteroatoms. The summed E-state index contributed by atoms with van der Waals surface area (Å²) in [5.41, 5.74) is 0.623. The van der Waals surface area contributed by atoms with Gasteiger partial charge in [0.15, 0.2) is 5.82 Å². The van der Waals surface area contributed by atoms with Gasteiger partial charge in [-0.1, -0.05) is 54.0 Å². The largest absolute Gasteiger partial charge is 0.334 e. The molecule has 1 amide bonds. The van der Waals surface area contributed by atoms with Crippen molar-refractivity contribution in [3.63, 3.8) is 0 Å². The lowest BCUT2D eigenvalue weighted by Gasteiger charge is -2.11. The minimum Gasteiger partial charge on any atom is -0.334 e. The molecule has 0 unspecified atom stereocenters. The van der Waals surface area contributed by atoms with Crippen molar-refractivity contribution in [3.8, 4) is 11.5 Å². The number of rotatable bonds is 3. The highest BCUT2D eigenvalue weighted by atomic mass is 79.9. The molecule has 0 fully saturated rings. The standard InChI is InChI=1S/C19H17BrFN3O2/c1-19(2,3)18-23-17(26-24-18)13-7-5-4-6-12(13)16(25)22-15-9-8-11(20)10-14(15)21/h4-10H,1-3H3,(H,22,25). The Balaban J connectivity index is 1.94. The van der Waals surface area contributed by atoms with Crippen molar-refractivity contribution in [2.75, 3.05) is 5.32 Å². The Hall–Kier alpha value is -2.54. The van der Waals surface area contributed by atoms with Crippen molar-refractivity contribution in [1.29, 1.82) is 0 Å². The van der Waals surface area contributed by atoms with Crippen LogP contribution in [0.3, 0.4) is 0 Å². The molecule has 0 saturated heterocycles. The third-order valence-corrected chi connectivity index (χ3v) is 4.17. The number of amides is 1. The van der Waals surface area contributed by atoms with Crippen LogP contribution in [0.5, 0.6) is 0 Å². The van der Waals surface area contributed by atoms with Crippen LogP contribution < -0.4 is 5.32 Å². The molecule has 0 saturated carbocycles. The van der Waals surface area contributed by atoms with E-state index in [0.717, 1.165) is 0 Å². The van der Waals surface area contributed by atoms with Gasteiger partial charge in [-0.25, -0.2) is 4.39 Å². The van der Waals surface area contributed by atoms with Crippen molar-refractivity contribution in [2.24, 2.45) is 0 Å². The second kappa shape index (κ2) is 6.99. The van der Waals surface area contributed by atoms with E-state index in [2.05, 4.69) is 31.4 Å². The normalized spacial score (nSPS) is 11.4. The van der Waals surface area contributed by atoms with Crippen LogP contribution in [0.1, 0.15) is 37.0 Å². The van der Waals surface area contributed by atoms with Crippen LogP contribution in [0.15, 0.2) is 51.5 Å². The van der Waals surface area contributed by atoms with E-state index in [4.69, 9.17) is 4.52 Å². The topological polar surface area (TPSA) is 68.0 Å². The third-order valence-electron chi connectivity index (χ3n) is 3.68. The zero-order valence-electron chi connectivity index (χ0n) is 14.5. The molecular formula is C19H17BrFN3O2. The summed E-state index contributed by atoms with van der Waals surface area (Å²) in [6, 6.07) is 11.3. The van der Waals surface area contributed by atoms with Gasteiger partial charge in [-0.05, 0) is 30.3 Å². The second-order valence-corrected chi connectivity index (χ2v) is 7.71. The van der Waals surface area contributed by atoms with Gasteiger partial charge in [-0.3, -0.25) is 4.79 Å². The molecule has 1 aromatic heterocycles. The van der Waals surface area contributed by atoms with E-state index in [1.54, 1.807) is 30.3 Å². The van der Waals surface area contributed by atoms with Gasteiger partial charge < -0.3 is 9.84 Å². The molecular weight excluding hydrogens is 401 g/mol. The smallest absolute Gasteiger partial charge is 0.258 e. The van der Waals surface area contributed by atoms with Crippen LogP contribution in [0, 0.1) is 5.82 Å². The molecule has 0 atom stereocenters. The average Bonchev–Trinajstić information content (AvgIpc) is 3.07. The molecule has 0 aliphatic heterocycles. The van der Waals surface area contributed by atoms with Gasteiger partial charge in [0.1, 0.15) is 5.82 Å². The van der Waals surface area contributed by atoms with Crippen molar-refractivity contribution in [3.05, 3.63) is 64.1 Å². The summed E-state index contributed by atoms with van der Waals surface area (Å²) in [5, 5.41) is 6.57. The Morgan fingerprint density at radius 1 is 1.19 bits per heavy atom. The Labute approximate surface area is 158 Å². The lowest BCUT2D eigenvalue weighted by atomic mass is 9.96. The predicted molar refractivity (Wildman–Crippen MR) is 100 cm³/mol. The maximum Gasteiger partial charge on any atom is 0.258 e. The number of hydrogen-bond donors (Lipinski definition) is 1. The number of carbonyl (C=O) groups is 1. The highest BCUT2D eigenvalue weighted by Crippen LogP contribution is 2.27. The molecule has 3 rings (SSSR count). The first kappa shape index (κ1) is 18.3. The SMILES string of the molecule is CC(C)(C)c1noc(-c2ccccc2C(=O)Nc2ccc(Br)cc2F)n1. The number of aromatic nitrogens is 2. The summed E-state index contributed by atoms with van der Waals surface area (Å²) in [6.07, 6.45) is 0. The molecule has 26 heavy (non-hydrogen) atoms. The van der Waals surface area contributed by atoms with E-state index in [1.807, 2.05) is 20.8 Å². The zero-order chi connectivity index (χ0) is 18.9. The highest BCUT2D eigenvalue weighted by Gasteiger charge is 2.24. The van der Waals surface area contributed by atoms with Crippen molar-refractivity contribution >= 4 is 27.5 Å². The van der Waals surface area contributed by atoms with Gasteiger partial charge in [-0.2, -0.15) is 4.98 Å². The number of benzene rings is 2. The van der Waals surface area contributed by atoms with E-state index >= 15 is 0 Å². The van der Waals surface area contributed by atoms with Crippen molar-refractivity contribution in [1.82, 2.24) is 10.1 Å². The van der Waals surface area contributed by atoms with Gasteiger partial charge in [0, 0.05) is 9.89 Å². The third kappa shape index (κ3) is 3.83. The molecule has 1 N–H and O–H groups in total. The van der Waals surface area contributed by atoms with Crippen molar-refractivity contribution in [2.45, 2.75) is 26.2 Å². The first-order valence-corrected chi connectivity index (χ1v) is 8.75. The number of carbonyl (C=O) groups excluding carboxylic acids is 1. The number of hydrogen-bond acceptors (Lipinski definition) is 4. The van der Waals surface area contributed by atoms with Gasteiger partial charge in [0.25, 0.3) is 11.8 Å². The Kier molecular flexibility index (Phi) is 4.91. The average molecular weight is 418 g/mol. The summed E-state index contributed by atoms with van der Waals surface area (Å²) in [6.45, 7) is 5.91. The summed E-state index contributed by atoms with van der Waals surface area (Å²) < 4.78 is 19.9. The number of nitrogens with zero attached hydrogens (tertiary/aromatic N) is 2. The molecule has 1 heterocycles. The summed E-state index contributed by atoms with van der Waals surface area (Å²) in [5.74, 6) is -0.200. The molecule has 0 radical (unpaired) electrons. The number of halogens is 2.